The smallest absolute Gasteiger partial charge is 0.220 e. The number of benzene rings is 1. The van der Waals surface area contributed by atoms with Gasteiger partial charge in [-0.1, -0.05) is 29.3 Å². The zero-order valence-electron chi connectivity index (χ0n) is 17.6. The first-order chi connectivity index (χ1) is 14.6. The predicted molar refractivity (Wildman–Crippen MR) is 123 cm³/mol. The summed E-state index contributed by atoms with van der Waals surface area (Å²) >= 11 is 12.5. The van der Waals surface area contributed by atoms with Crippen molar-refractivity contribution < 1.29 is 4.79 Å². The lowest BCUT2D eigenvalue weighted by Gasteiger charge is -2.37. The number of unbranched alkanes of at least 4 members (excludes halogenated alkanes) is 1. The highest BCUT2D eigenvalue weighted by Crippen LogP contribution is 2.33. The van der Waals surface area contributed by atoms with E-state index >= 15 is 0 Å². The van der Waals surface area contributed by atoms with E-state index in [-0.39, 0.29) is 5.91 Å². The second-order valence-corrected chi connectivity index (χ2v) is 9.27. The number of carbonyl (C=O) groups is 1. The monoisotopic (exact) mass is 450 g/mol. The van der Waals surface area contributed by atoms with Crippen LogP contribution in [0, 0.1) is 17.2 Å². The molecule has 1 aliphatic heterocycles. The number of nitrogens with one attached hydrogen (secondary N) is 1. The van der Waals surface area contributed by atoms with Crippen LogP contribution in [0.4, 0.5) is 5.69 Å². The van der Waals surface area contributed by atoms with Crippen LogP contribution in [0.3, 0.4) is 0 Å². The first-order valence-corrected chi connectivity index (χ1v) is 11.9. The molecule has 1 saturated carbocycles. The molecule has 0 unspecified atom stereocenters. The molecule has 0 atom stereocenters. The number of hydrogen-bond acceptors (Lipinski definition) is 4. The first-order valence-electron chi connectivity index (χ1n) is 11.1. The number of anilines is 1. The number of piperazine rings is 1. The molecule has 5 nitrogen and oxygen atoms in total. The lowest BCUT2D eigenvalue weighted by atomic mass is 9.84. The van der Waals surface area contributed by atoms with E-state index < -0.39 is 0 Å². The number of hydrogen-bond donors (Lipinski definition) is 1. The zero-order valence-corrected chi connectivity index (χ0v) is 19.1. The van der Waals surface area contributed by atoms with Crippen molar-refractivity contribution in [2.24, 2.45) is 5.92 Å². The average Bonchev–Trinajstić information content (AvgIpc) is 2.76. The van der Waals surface area contributed by atoms with Crippen molar-refractivity contribution in [3.05, 3.63) is 28.2 Å². The number of amides is 1. The molecule has 0 bridgehead atoms. The van der Waals surface area contributed by atoms with E-state index in [1.807, 2.05) is 18.2 Å². The van der Waals surface area contributed by atoms with Gasteiger partial charge in [0.1, 0.15) is 0 Å². The summed E-state index contributed by atoms with van der Waals surface area (Å²) in [6.45, 7) is 5.20. The number of carbonyl (C=O) groups excluding carboxylic acids is 1. The van der Waals surface area contributed by atoms with Crippen molar-refractivity contribution in [2.45, 2.75) is 57.4 Å². The van der Waals surface area contributed by atoms with Crippen LogP contribution in [0.5, 0.6) is 0 Å². The lowest BCUT2D eigenvalue weighted by molar-refractivity contribution is -0.122. The summed E-state index contributed by atoms with van der Waals surface area (Å²) in [4.78, 5) is 16.8. The molecule has 1 saturated heterocycles. The van der Waals surface area contributed by atoms with Gasteiger partial charge in [-0.05, 0) is 63.1 Å². The van der Waals surface area contributed by atoms with Crippen molar-refractivity contribution in [1.29, 1.82) is 5.26 Å². The van der Waals surface area contributed by atoms with Crippen LogP contribution in [-0.4, -0.2) is 49.6 Å². The van der Waals surface area contributed by atoms with Crippen molar-refractivity contribution in [3.8, 4) is 6.07 Å². The molecule has 1 amide bonds. The highest BCUT2D eigenvalue weighted by molar-refractivity contribution is 6.43. The fourth-order valence-electron chi connectivity index (χ4n) is 4.54. The van der Waals surface area contributed by atoms with Crippen LogP contribution in [0.2, 0.25) is 10.0 Å². The summed E-state index contributed by atoms with van der Waals surface area (Å²) in [5.74, 6) is 0.864. The highest BCUT2D eigenvalue weighted by atomic mass is 35.5. The lowest BCUT2D eigenvalue weighted by Crippen LogP contribution is -2.47. The van der Waals surface area contributed by atoms with Crippen LogP contribution in [-0.2, 0) is 4.79 Å². The molecular weight excluding hydrogens is 419 g/mol. The number of rotatable bonds is 8. The third kappa shape index (κ3) is 6.77. The minimum absolute atomic E-state index is 0.103. The molecule has 2 fully saturated rings. The van der Waals surface area contributed by atoms with Crippen LogP contribution >= 0.6 is 23.2 Å². The molecule has 1 aliphatic carbocycles. The van der Waals surface area contributed by atoms with Gasteiger partial charge >= 0.3 is 0 Å². The molecular formula is C23H32Cl2N4O. The predicted octanol–water partition coefficient (Wildman–Crippen LogP) is 4.87. The van der Waals surface area contributed by atoms with E-state index in [2.05, 4.69) is 21.2 Å². The molecule has 0 spiro atoms. The van der Waals surface area contributed by atoms with E-state index in [0.717, 1.165) is 57.2 Å². The fourth-order valence-corrected chi connectivity index (χ4v) is 4.95. The summed E-state index contributed by atoms with van der Waals surface area (Å²) in [5.41, 5.74) is 1.04. The summed E-state index contributed by atoms with van der Waals surface area (Å²) in [6.07, 6.45) is 7.38. The Labute approximate surface area is 190 Å². The minimum Gasteiger partial charge on any atom is -0.368 e. The average molecular weight is 451 g/mol. The summed E-state index contributed by atoms with van der Waals surface area (Å²) < 4.78 is 0. The molecule has 1 heterocycles. The van der Waals surface area contributed by atoms with Crippen LogP contribution in [0.1, 0.15) is 51.4 Å². The Morgan fingerprint density at radius 3 is 2.57 bits per heavy atom. The summed E-state index contributed by atoms with van der Waals surface area (Å²) in [5, 5.41) is 13.0. The number of nitrogens with zero attached hydrogens (tertiary/aromatic N) is 3. The van der Waals surface area contributed by atoms with Gasteiger partial charge in [-0.3, -0.25) is 9.69 Å². The molecule has 7 heteroatoms. The molecule has 30 heavy (non-hydrogen) atoms. The molecule has 0 aromatic heterocycles. The third-order valence-electron chi connectivity index (χ3n) is 6.40. The Balaban J connectivity index is 1.32. The largest absolute Gasteiger partial charge is 0.368 e. The Morgan fingerprint density at radius 2 is 1.87 bits per heavy atom. The quantitative estimate of drug-likeness (QED) is 0.573. The van der Waals surface area contributed by atoms with Crippen molar-refractivity contribution in [2.75, 3.05) is 37.6 Å². The molecule has 1 aromatic carbocycles. The van der Waals surface area contributed by atoms with Gasteiger partial charge in [0, 0.05) is 45.1 Å². The maximum Gasteiger partial charge on any atom is 0.220 e. The van der Waals surface area contributed by atoms with Gasteiger partial charge in [-0.2, -0.15) is 5.26 Å². The second kappa shape index (κ2) is 11.8. The highest BCUT2D eigenvalue weighted by Gasteiger charge is 2.24. The molecule has 1 aromatic rings. The van der Waals surface area contributed by atoms with Gasteiger partial charge in [0.15, 0.2) is 0 Å². The zero-order chi connectivity index (χ0) is 21.3. The third-order valence-corrected chi connectivity index (χ3v) is 7.21. The fraction of sp³-hybridized carbons (Fsp3) is 0.652. The summed E-state index contributed by atoms with van der Waals surface area (Å²) in [7, 11) is 0. The normalized spacial score (nSPS) is 22.5. The first kappa shape index (κ1) is 23.2. The van der Waals surface area contributed by atoms with Gasteiger partial charge < -0.3 is 10.2 Å². The summed E-state index contributed by atoms with van der Waals surface area (Å²) in [6, 6.07) is 8.25. The molecule has 2 aliphatic rings. The van der Waals surface area contributed by atoms with E-state index in [9.17, 15) is 4.79 Å². The Hall–Kier alpha value is -1.48. The second-order valence-electron chi connectivity index (χ2n) is 8.49. The van der Waals surface area contributed by atoms with Gasteiger partial charge in [-0.25, -0.2) is 0 Å². The van der Waals surface area contributed by atoms with Gasteiger partial charge in [0.05, 0.1) is 21.8 Å². The van der Waals surface area contributed by atoms with E-state index in [1.165, 1.54) is 19.3 Å². The molecule has 164 valence electrons. The minimum atomic E-state index is 0.103. The Morgan fingerprint density at radius 1 is 1.13 bits per heavy atom. The Kier molecular flexibility index (Phi) is 9.11. The SMILES string of the molecule is N#CCCCC(=O)N[C@H]1CC[C@H](CCN2CCN(c3cccc(Cl)c3Cl)CC2)CC1. The standard InChI is InChI=1S/C23H32Cl2N4O/c24-20-4-3-5-21(23(20)25)29-16-14-28(15-17-29)13-11-18-7-9-19(10-8-18)27-22(30)6-1-2-12-26/h3-5,18-19H,1-2,6-11,13-17H2,(H,27,30)/t18-,19-. The van der Waals surface area contributed by atoms with Crippen molar-refractivity contribution >= 4 is 34.8 Å². The van der Waals surface area contributed by atoms with E-state index in [1.54, 1.807) is 0 Å². The van der Waals surface area contributed by atoms with E-state index in [0.29, 0.717) is 35.3 Å². The Bertz CT molecular complexity index is 735. The molecule has 3 rings (SSSR count). The van der Waals surface area contributed by atoms with Gasteiger partial charge in [0.25, 0.3) is 0 Å². The van der Waals surface area contributed by atoms with Crippen molar-refractivity contribution in [1.82, 2.24) is 10.2 Å². The maximum absolute atomic E-state index is 11.9. The maximum atomic E-state index is 11.9. The topological polar surface area (TPSA) is 59.4 Å². The van der Waals surface area contributed by atoms with Crippen LogP contribution in [0.15, 0.2) is 18.2 Å². The van der Waals surface area contributed by atoms with Crippen LogP contribution in [0.25, 0.3) is 0 Å². The molecule has 0 radical (unpaired) electrons. The van der Waals surface area contributed by atoms with E-state index in [4.69, 9.17) is 28.5 Å². The number of nitriles is 1. The molecule has 1 N–H and O–H groups in total. The van der Waals surface area contributed by atoms with Crippen LogP contribution < -0.4 is 10.2 Å². The van der Waals surface area contributed by atoms with Crippen molar-refractivity contribution in [3.63, 3.8) is 0 Å². The number of halogens is 2. The van der Waals surface area contributed by atoms with Gasteiger partial charge in [-0.15, -0.1) is 0 Å². The van der Waals surface area contributed by atoms with Gasteiger partial charge in [0.2, 0.25) is 5.91 Å².